The average molecular weight is 390 g/mol. The Morgan fingerprint density at radius 1 is 1.25 bits per heavy atom. The van der Waals surface area contributed by atoms with Crippen molar-refractivity contribution in [2.24, 2.45) is 0 Å². The van der Waals surface area contributed by atoms with E-state index in [1.54, 1.807) is 30.3 Å². The fourth-order valence-corrected chi connectivity index (χ4v) is 3.02. The molecule has 1 heterocycles. The van der Waals surface area contributed by atoms with Gasteiger partial charge in [-0.1, -0.05) is 34.1 Å². The van der Waals surface area contributed by atoms with E-state index >= 15 is 0 Å². The van der Waals surface area contributed by atoms with Crippen LogP contribution in [-0.4, -0.2) is 22.7 Å². The highest BCUT2D eigenvalue weighted by Crippen LogP contribution is 2.17. The van der Waals surface area contributed by atoms with E-state index in [9.17, 15) is 14.0 Å². The molecule has 1 N–H and O–H groups in total. The van der Waals surface area contributed by atoms with Gasteiger partial charge in [-0.15, -0.1) is 0 Å². The van der Waals surface area contributed by atoms with Gasteiger partial charge in [0.2, 0.25) is 0 Å². The molecule has 24 heavy (non-hydrogen) atoms. The number of carbonyl (C=O) groups is 1. The van der Waals surface area contributed by atoms with Gasteiger partial charge in [-0.3, -0.25) is 9.59 Å². The molecule has 0 spiro atoms. The Morgan fingerprint density at radius 2 is 1.96 bits per heavy atom. The lowest BCUT2D eigenvalue weighted by atomic mass is 10.1. The summed E-state index contributed by atoms with van der Waals surface area (Å²) in [6.45, 7) is 0.0595. The molecule has 0 fully saturated rings. The molecule has 0 aliphatic heterocycles. The minimum Gasteiger partial charge on any atom is -0.354 e. The minimum absolute atomic E-state index is 0.0595. The molecule has 122 valence electrons. The molecule has 0 radical (unpaired) electrons. The van der Waals surface area contributed by atoms with Gasteiger partial charge in [-0.05, 0) is 29.8 Å². The largest absolute Gasteiger partial charge is 0.354 e. The van der Waals surface area contributed by atoms with Crippen LogP contribution in [0.15, 0.2) is 51.7 Å². The van der Waals surface area contributed by atoms with Crippen LogP contribution in [0.3, 0.4) is 0 Å². The van der Waals surface area contributed by atoms with Crippen LogP contribution < -0.4 is 10.9 Å². The first-order chi connectivity index (χ1) is 11.5. The van der Waals surface area contributed by atoms with Crippen molar-refractivity contribution in [1.82, 2.24) is 15.1 Å². The summed E-state index contributed by atoms with van der Waals surface area (Å²) in [7, 11) is 1.50. The third-order valence-electron chi connectivity index (χ3n) is 3.56. The summed E-state index contributed by atoms with van der Waals surface area (Å²) < 4.78 is 15.3. The molecule has 0 bridgehead atoms. The second kappa shape index (κ2) is 6.52. The van der Waals surface area contributed by atoms with Gasteiger partial charge in [0.15, 0.2) is 5.69 Å². The molecular weight excluding hydrogens is 377 g/mol. The molecule has 0 unspecified atom stereocenters. The van der Waals surface area contributed by atoms with Crippen LogP contribution in [0.2, 0.25) is 0 Å². The molecule has 0 aliphatic carbocycles. The first-order valence-corrected chi connectivity index (χ1v) is 7.96. The number of aromatic nitrogens is 2. The Bertz CT molecular complexity index is 981. The zero-order valence-electron chi connectivity index (χ0n) is 12.7. The molecular formula is C17H13BrFN3O2. The SMILES string of the molecule is CNC(=O)c1nn(Cc2cc(F)cc(Br)c2)c(=O)c2ccccc12. The summed E-state index contributed by atoms with van der Waals surface area (Å²) in [5.41, 5.74) is 0.386. The van der Waals surface area contributed by atoms with Crippen LogP contribution in [-0.2, 0) is 6.54 Å². The summed E-state index contributed by atoms with van der Waals surface area (Å²) in [5.74, 6) is -0.805. The van der Waals surface area contributed by atoms with Gasteiger partial charge in [-0.25, -0.2) is 9.07 Å². The molecule has 1 aromatic heterocycles. The van der Waals surface area contributed by atoms with Gasteiger partial charge in [0.1, 0.15) is 5.82 Å². The summed E-state index contributed by atoms with van der Waals surface area (Å²) >= 11 is 3.22. The molecule has 5 nitrogen and oxygen atoms in total. The Labute approximate surface area is 145 Å². The second-order valence-electron chi connectivity index (χ2n) is 5.21. The molecule has 1 amide bonds. The number of nitrogens with one attached hydrogen (secondary N) is 1. The van der Waals surface area contributed by atoms with E-state index in [1.807, 2.05) is 0 Å². The average Bonchev–Trinajstić information content (AvgIpc) is 2.56. The molecule has 0 saturated heterocycles. The Morgan fingerprint density at radius 3 is 2.62 bits per heavy atom. The molecule has 0 saturated carbocycles. The Kier molecular flexibility index (Phi) is 4.44. The quantitative estimate of drug-likeness (QED) is 0.748. The maximum atomic E-state index is 13.5. The lowest BCUT2D eigenvalue weighted by molar-refractivity contribution is 0.0957. The highest BCUT2D eigenvalue weighted by molar-refractivity contribution is 9.10. The number of benzene rings is 2. The number of amides is 1. The van der Waals surface area contributed by atoms with Crippen LogP contribution in [0.4, 0.5) is 4.39 Å². The normalized spacial score (nSPS) is 10.8. The van der Waals surface area contributed by atoms with Crippen molar-refractivity contribution in [3.8, 4) is 0 Å². The molecule has 3 aromatic rings. The maximum Gasteiger partial charge on any atom is 0.274 e. The third-order valence-corrected chi connectivity index (χ3v) is 4.02. The van der Waals surface area contributed by atoms with Gasteiger partial charge >= 0.3 is 0 Å². The van der Waals surface area contributed by atoms with Crippen LogP contribution in [0.5, 0.6) is 0 Å². The lowest BCUT2D eigenvalue weighted by Crippen LogP contribution is -2.29. The number of rotatable bonds is 3. The van der Waals surface area contributed by atoms with Crippen molar-refractivity contribution in [3.05, 3.63) is 74.4 Å². The topological polar surface area (TPSA) is 64.0 Å². The van der Waals surface area contributed by atoms with Crippen molar-refractivity contribution in [1.29, 1.82) is 0 Å². The smallest absolute Gasteiger partial charge is 0.274 e. The van der Waals surface area contributed by atoms with E-state index in [0.29, 0.717) is 20.8 Å². The van der Waals surface area contributed by atoms with Crippen molar-refractivity contribution in [3.63, 3.8) is 0 Å². The van der Waals surface area contributed by atoms with Crippen LogP contribution in [0.1, 0.15) is 16.1 Å². The molecule has 2 aromatic carbocycles. The van der Waals surface area contributed by atoms with E-state index in [-0.39, 0.29) is 23.7 Å². The van der Waals surface area contributed by atoms with E-state index in [2.05, 4.69) is 26.3 Å². The summed E-state index contributed by atoms with van der Waals surface area (Å²) in [6, 6.07) is 11.1. The lowest BCUT2D eigenvalue weighted by Gasteiger charge is -2.10. The Balaban J connectivity index is 2.19. The van der Waals surface area contributed by atoms with E-state index in [0.717, 1.165) is 0 Å². The number of nitrogens with zero attached hydrogens (tertiary/aromatic N) is 2. The molecule has 0 atom stereocenters. The van der Waals surface area contributed by atoms with Crippen molar-refractivity contribution < 1.29 is 9.18 Å². The zero-order valence-corrected chi connectivity index (χ0v) is 14.3. The van der Waals surface area contributed by atoms with Gasteiger partial charge in [0, 0.05) is 16.9 Å². The summed E-state index contributed by atoms with van der Waals surface area (Å²) in [4.78, 5) is 24.7. The van der Waals surface area contributed by atoms with Crippen LogP contribution in [0, 0.1) is 5.82 Å². The standard InChI is InChI=1S/C17H13BrFN3O2/c1-20-16(23)15-13-4-2-3-5-14(13)17(24)22(21-15)9-10-6-11(18)8-12(19)7-10/h2-8H,9H2,1H3,(H,20,23). The number of hydrogen-bond acceptors (Lipinski definition) is 3. The fraction of sp³-hybridized carbons (Fsp3) is 0.118. The molecule has 3 rings (SSSR count). The third kappa shape index (κ3) is 3.07. The zero-order chi connectivity index (χ0) is 17.3. The molecule has 7 heteroatoms. The van der Waals surface area contributed by atoms with E-state index < -0.39 is 5.82 Å². The second-order valence-corrected chi connectivity index (χ2v) is 6.13. The predicted octanol–water partition coefficient (Wildman–Crippen LogP) is 2.71. The monoisotopic (exact) mass is 389 g/mol. The van der Waals surface area contributed by atoms with Crippen molar-refractivity contribution >= 4 is 32.6 Å². The van der Waals surface area contributed by atoms with Gasteiger partial charge in [-0.2, -0.15) is 5.10 Å². The van der Waals surface area contributed by atoms with Crippen molar-refractivity contribution in [2.45, 2.75) is 6.54 Å². The summed E-state index contributed by atoms with van der Waals surface area (Å²) in [5, 5.41) is 7.57. The van der Waals surface area contributed by atoms with Crippen LogP contribution >= 0.6 is 15.9 Å². The molecule has 0 aliphatic rings. The number of hydrogen-bond donors (Lipinski definition) is 1. The van der Waals surface area contributed by atoms with Crippen molar-refractivity contribution in [2.75, 3.05) is 7.05 Å². The highest BCUT2D eigenvalue weighted by Gasteiger charge is 2.15. The highest BCUT2D eigenvalue weighted by atomic mass is 79.9. The van der Waals surface area contributed by atoms with Gasteiger partial charge < -0.3 is 5.32 Å². The van der Waals surface area contributed by atoms with Crippen LogP contribution in [0.25, 0.3) is 10.8 Å². The first-order valence-electron chi connectivity index (χ1n) is 7.16. The van der Waals surface area contributed by atoms with Gasteiger partial charge in [0.25, 0.3) is 11.5 Å². The summed E-state index contributed by atoms with van der Waals surface area (Å²) in [6.07, 6.45) is 0. The predicted molar refractivity (Wildman–Crippen MR) is 92.6 cm³/mol. The number of fused-ring (bicyclic) bond motifs is 1. The van der Waals surface area contributed by atoms with E-state index in [4.69, 9.17) is 0 Å². The van der Waals surface area contributed by atoms with E-state index in [1.165, 1.54) is 23.9 Å². The number of halogens is 2. The van der Waals surface area contributed by atoms with Gasteiger partial charge in [0.05, 0.1) is 11.9 Å². The first kappa shape index (κ1) is 16.3. The number of carbonyl (C=O) groups excluding carboxylic acids is 1. The Hall–Kier alpha value is -2.54. The maximum absolute atomic E-state index is 13.5. The minimum atomic E-state index is -0.417. The fourth-order valence-electron chi connectivity index (χ4n) is 2.50.